The van der Waals surface area contributed by atoms with Gasteiger partial charge in [-0.05, 0) is 60.6 Å². The van der Waals surface area contributed by atoms with Crippen LogP contribution in [-0.4, -0.2) is 9.52 Å². The Morgan fingerprint density at radius 2 is 0.919 bits per heavy atom. The van der Waals surface area contributed by atoms with E-state index in [2.05, 4.69) is 146 Å². The normalized spacial score (nSPS) is 11.7. The fraction of sp³-hybridized carbons (Fsp3) is 0. The van der Waals surface area contributed by atoms with Gasteiger partial charge in [0.25, 0.3) is 0 Å². The maximum absolute atomic E-state index is 2.48. The van der Waals surface area contributed by atoms with Crippen molar-refractivity contribution in [2.45, 2.75) is 0 Å². The second-order valence-electron chi connectivity index (χ2n) is 9.77. The van der Waals surface area contributed by atoms with Crippen LogP contribution < -0.4 is 10.4 Å². The maximum atomic E-state index is 2.48. The van der Waals surface area contributed by atoms with Crippen molar-refractivity contribution in [2.75, 3.05) is 0 Å². The van der Waals surface area contributed by atoms with E-state index in [-0.39, 0.29) is 0 Å². The summed E-state index contributed by atoms with van der Waals surface area (Å²) >= 11 is 0. The van der Waals surface area contributed by atoms with Crippen molar-refractivity contribution in [3.63, 3.8) is 0 Å². The predicted octanol–water partition coefficient (Wildman–Crippen LogP) is 7.60. The standard InChI is InChI=1S/C36H26Si/c1-3-12-26(13-4-1)35-31-17-9-10-18-32(31)36(28-20-19-25-11-7-8-14-27(25)23-28)34-24-30(21-22-33(34)35)37-29-15-5-2-6-16-29/h1-24H,37H2. The van der Waals surface area contributed by atoms with E-state index in [0.29, 0.717) is 0 Å². The number of rotatable bonds is 4. The lowest BCUT2D eigenvalue weighted by molar-refractivity contribution is 1.66. The molecule has 0 spiro atoms. The minimum Gasteiger partial charge on any atom is -0.0633 e. The number of hydrogen-bond acceptors (Lipinski definition) is 0. The molecule has 0 aliphatic carbocycles. The summed E-state index contributed by atoms with van der Waals surface area (Å²) in [6, 6.07) is 53.6. The minimum atomic E-state index is -0.578. The Balaban J connectivity index is 1.58. The highest BCUT2D eigenvalue weighted by atomic mass is 28.2. The SMILES string of the molecule is c1ccc([SiH2]c2ccc3c(-c4ccccc4)c4ccccc4c(-c4ccc5ccccc5c4)c3c2)cc1. The van der Waals surface area contributed by atoms with Crippen molar-refractivity contribution in [1.82, 2.24) is 0 Å². The van der Waals surface area contributed by atoms with Crippen LogP contribution in [0.3, 0.4) is 0 Å². The smallest absolute Gasteiger partial charge is 0.0633 e. The van der Waals surface area contributed by atoms with E-state index in [1.54, 1.807) is 0 Å². The molecule has 0 atom stereocenters. The molecule has 1 heteroatoms. The van der Waals surface area contributed by atoms with Crippen LogP contribution in [0.15, 0.2) is 146 Å². The molecule has 174 valence electrons. The van der Waals surface area contributed by atoms with Gasteiger partial charge in [0.05, 0.1) is 9.52 Å². The zero-order valence-corrected chi connectivity index (χ0v) is 22.0. The number of benzene rings is 7. The van der Waals surface area contributed by atoms with Gasteiger partial charge in [-0.1, -0.05) is 150 Å². The second-order valence-corrected chi connectivity index (χ2v) is 11.8. The molecule has 0 unspecified atom stereocenters. The van der Waals surface area contributed by atoms with Crippen molar-refractivity contribution in [1.29, 1.82) is 0 Å². The van der Waals surface area contributed by atoms with E-state index in [1.807, 2.05) is 0 Å². The van der Waals surface area contributed by atoms with E-state index < -0.39 is 9.52 Å². The van der Waals surface area contributed by atoms with Crippen molar-refractivity contribution in [3.05, 3.63) is 146 Å². The van der Waals surface area contributed by atoms with Crippen LogP contribution in [0.4, 0.5) is 0 Å². The first kappa shape index (κ1) is 21.8. The summed E-state index contributed by atoms with van der Waals surface area (Å²) < 4.78 is 0. The van der Waals surface area contributed by atoms with Crippen molar-refractivity contribution in [2.24, 2.45) is 0 Å². The summed E-state index contributed by atoms with van der Waals surface area (Å²) in [4.78, 5) is 0. The molecule has 0 aromatic heterocycles. The lowest BCUT2D eigenvalue weighted by Crippen LogP contribution is -2.26. The van der Waals surface area contributed by atoms with Crippen LogP contribution in [0.2, 0.25) is 0 Å². The molecule has 0 saturated heterocycles. The fourth-order valence-electron chi connectivity index (χ4n) is 5.74. The molecule has 0 radical (unpaired) electrons. The molecule has 7 aromatic carbocycles. The molecule has 0 heterocycles. The molecule has 0 N–H and O–H groups in total. The summed E-state index contributed by atoms with van der Waals surface area (Å²) in [7, 11) is -0.578. The Kier molecular flexibility index (Phi) is 5.42. The van der Waals surface area contributed by atoms with Crippen molar-refractivity contribution >= 4 is 52.2 Å². The van der Waals surface area contributed by atoms with Gasteiger partial charge in [0.2, 0.25) is 0 Å². The summed E-state index contributed by atoms with van der Waals surface area (Å²) in [6.45, 7) is 0. The molecule has 0 fully saturated rings. The van der Waals surface area contributed by atoms with Gasteiger partial charge >= 0.3 is 0 Å². The Morgan fingerprint density at radius 1 is 0.324 bits per heavy atom. The lowest BCUT2D eigenvalue weighted by atomic mass is 9.85. The van der Waals surface area contributed by atoms with Crippen LogP contribution in [0.25, 0.3) is 54.6 Å². The molecule has 37 heavy (non-hydrogen) atoms. The first-order valence-corrected chi connectivity index (χ1v) is 14.3. The van der Waals surface area contributed by atoms with E-state index >= 15 is 0 Å². The fourth-order valence-corrected chi connectivity index (χ4v) is 7.26. The topological polar surface area (TPSA) is 0 Å². The first-order chi connectivity index (χ1) is 18.3. The maximum Gasteiger partial charge on any atom is 0.0875 e. The largest absolute Gasteiger partial charge is 0.0875 e. The summed E-state index contributed by atoms with van der Waals surface area (Å²) in [6.07, 6.45) is 0. The Morgan fingerprint density at radius 3 is 1.68 bits per heavy atom. The molecule has 0 bridgehead atoms. The van der Waals surface area contributed by atoms with E-state index in [4.69, 9.17) is 0 Å². The summed E-state index contributed by atoms with van der Waals surface area (Å²) in [5.41, 5.74) is 5.20. The molecule has 7 aromatic rings. The van der Waals surface area contributed by atoms with Crippen LogP contribution in [0.5, 0.6) is 0 Å². The molecule has 7 rings (SSSR count). The van der Waals surface area contributed by atoms with Crippen LogP contribution >= 0.6 is 0 Å². The number of fused-ring (bicyclic) bond motifs is 3. The second kappa shape index (κ2) is 9.20. The zero-order chi connectivity index (χ0) is 24.6. The highest BCUT2D eigenvalue weighted by Crippen LogP contribution is 2.43. The van der Waals surface area contributed by atoms with Gasteiger partial charge in [-0.3, -0.25) is 0 Å². The van der Waals surface area contributed by atoms with Gasteiger partial charge in [0.15, 0.2) is 0 Å². The Bertz CT molecular complexity index is 1890. The van der Waals surface area contributed by atoms with Crippen molar-refractivity contribution < 1.29 is 0 Å². The highest BCUT2D eigenvalue weighted by molar-refractivity contribution is 6.67. The van der Waals surface area contributed by atoms with E-state index in [9.17, 15) is 0 Å². The summed E-state index contributed by atoms with van der Waals surface area (Å²) in [5, 5.41) is 10.8. The third-order valence-corrected chi connectivity index (χ3v) is 9.17. The average molecular weight is 487 g/mol. The van der Waals surface area contributed by atoms with Gasteiger partial charge in [-0.2, -0.15) is 0 Å². The molecule has 0 aliphatic rings. The van der Waals surface area contributed by atoms with Gasteiger partial charge in [-0.15, -0.1) is 0 Å². The van der Waals surface area contributed by atoms with Gasteiger partial charge in [0, 0.05) is 0 Å². The molecular weight excluding hydrogens is 460 g/mol. The quantitative estimate of drug-likeness (QED) is 0.177. The van der Waals surface area contributed by atoms with Gasteiger partial charge in [0.1, 0.15) is 0 Å². The Hall–Kier alpha value is -4.46. The lowest BCUT2D eigenvalue weighted by Gasteiger charge is -2.19. The van der Waals surface area contributed by atoms with Crippen LogP contribution in [0.1, 0.15) is 0 Å². The molecule has 0 aliphatic heterocycles. The zero-order valence-electron chi connectivity index (χ0n) is 20.6. The van der Waals surface area contributed by atoms with Crippen molar-refractivity contribution in [3.8, 4) is 22.3 Å². The van der Waals surface area contributed by atoms with Crippen LogP contribution in [-0.2, 0) is 0 Å². The van der Waals surface area contributed by atoms with Gasteiger partial charge < -0.3 is 0 Å². The molecule has 0 saturated carbocycles. The first-order valence-electron chi connectivity index (χ1n) is 12.9. The van der Waals surface area contributed by atoms with E-state index in [0.717, 1.165) is 0 Å². The predicted molar refractivity (Wildman–Crippen MR) is 164 cm³/mol. The molecule has 0 nitrogen and oxygen atoms in total. The highest BCUT2D eigenvalue weighted by Gasteiger charge is 2.17. The average Bonchev–Trinajstić information content (AvgIpc) is 2.96. The monoisotopic (exact) mass is 486 g/mol. The molecule has 0 amide bonds. The minimum absolute atomic E-state index is 0.578. The van der Waals surface area contributed by atoms with Gasteiger partial charge in [-0.25, -0.2) is 0 Å². The molecular formula is C36H26Si. The third kappa shape index (κ3) is 3.94. The van der Waals surface area contributed by atoms with Crippen LogP contribution in [0, 0.1) is 0 Å². The Labute approximate surface area is 219 Å². The third-order valence-electron chi connectivity index (χ3n) is 7.44. The number of hydrogen-bond donors (Lipinski definition) is 0. The summed E-state index contributed by atoms with van der Waals surface area (Å²) in [5.74, 6) is 0. The van der Waals surface area contributed by atoms with E-state index in [1.165, 1.54) is 64.9 Å².